The van der Waals surface area contributed by atoms with E-state index >= 15 is 0 Å². The Morgan fingerprint density at radius 1 is 1.06 bits per heavy atom. The Bertz CT molecular complexity index is 330. The molecule has 1 rings (SSSR count). The highest BCUT2D eigenvalue weighted by molar-refractivity contribution is 7.70. The van der Waals surface area contributed by atoms with Gasteiger partial charge in [-0.05, 0) is 12.8 Å². The van der Waals surface area contributed by atoms with Crippen molar-refractivity contribution in [3.63, 3.8) is 0 Å². The van der Waals surface area contributed by atoms with Crippen LogP contribution in [0, 0.1) is 0 Å². The molecule has 0 aromatic heterocycles. The van der Waals surface area contributed by atoms with Crippen molar-refractivity contribution in [2.24, 2.45) is 0 Å². The number of rotatable bonds is 4. The van der Waals surface area contributed by atoms with Crippen molar-refractivity contribution in [1.29, 1.82) is 0 Å². The van der Waals surface area contributed by atoms with Gasteiger partial charge in [0.1, 0.15) is 0 Å². The lowest BCUT2D eigenvalue weighted by molar-refractivity contribution is -0.162. The molecule has 1 aliphatic carbocycles. The first kappa shape index (κ1) is 14.3. The molecular weight excluding hydrogens is 258 g/mol. The summed E-state index contributed by atoms with van der Waals surface area (Å²) in [6.45, 7) is 0. The summed E-state index contributed by atoms with van der Waals surface area (Å²) in [5, 5.41) is 9.80. The lowest BCUT2D eigenvalue weighted by Gasteiger charge is -2.33. The third-order valence-corrected chi connectivity index (χ3v) is 5.84. The summed E-state index contributed by atoms with van der Waals surface area (Å²) in [7, 11) is -9.09. The summed E-state index contributed by atoms with van der Waals surface area (Å²) < 4.78 is 26.6. The molecule has 16 heavy (non-hydrogen) atoms. The van der Waals surface area contributed by atoms with Gasteiger partial charge in [0.05, 0.1) is 0 Å². The first-order chi connectivity index (χ1) is 7.12. The summed E-state index contributed by atoms with van der Waals surface area (Å²) in [4.78, 5) is 26.4. The van der Waals surface area contributed by atoms with Crippen molar-refractivity contribution in [1.82, 2.24) is 0 Å². The van der Waals surface area contributed by atoms with E-state index in [4.69, 9.17) is 9.79 Å². The van der Waals surface area contributed by atoms with Gasteiger partial charge in [-0.15, -0.1) is 0 Å². The van der Waals surface area contributed by atoms with Crippen LogP contribution in [-0.2, 0) is 13.7 Å². The maximum Gasteiger partial charge on any atom is 0.342 e. The molecule has 96 valence electrons. The molecule has 0 saturated heterocycles. The molecule has 0 aromatic rings. The zero-order valence-electron chi connectivity index (χ0n) is 8.65. The van der Waals surface area contributed by atoms with Crippen LogP contribution in [0.15, 0.2) is 0 Å². The van der Waals surface area contributed by atoms with E-state index in [1.165, 1.54) is 0 Å². The smallest absolute Gasteiger partial charge is 0.342 e. The van der Waals surface area contributed by atoms with Gasteiger partial charge in [0.2, 0.25) is 0 Å². The Kier molecular flexibility index (Phi) is 4.35. The monoisotopic (exact) mass is 274 g/mol. The van der Waals surface area contributed by atoms with Crippen molar-refractivity contribution >= 4 is 15.2 Å². The van der Waals surface area contributed by atoms with Crippen LogP contribution in [0.3, 0.4) is 0 Å². The van der Waals surface area contributed by atoms with Gasteiger partial charge in [0, 0.05) is 12.8 Å². The summed E-state index contributed by atoms with van der Waals surface area (Å²) in [6.07, 6.45) is 2.64. The lowest BCUT2D eigenvalue weighted by Crippen LogP contribution is -2.33. The minimum Gasteiger partial charge on any atom is -0.365 e. The molecular formula is C7H16O7P2. The average molecular weight is 274 g/mol. The third kappa shape index (κ3) is 5.06. The Morgan fingerprint density at radius 3 is 2.00 bits per heavy atom. The first-order valence-electron chi connectivity index (χ1n) is 4.92. The molecule has 0 bridgehead atoms. The zero-order valence-corrected chi connectivity index (χ0v) is 10.4. The predicted molar refractivity (Wildman–Crippen MR) is 55.9 cm³/mol. The quantitative estimate of drug-likeness (QED) is 0.444. The van der Waals surface area contributed by atoms with Gasteiger partial charge in [0.25, 0.3) is 0 Å². The van der Waals surface area contributed by atoms with E-state index < -0.39 is 26.9 Å². The highest BCUT2D eigenvalue weighted by atomic mass is 31.2. The van der Waals surface area contributed by atoms with Crippen LogP contribution < -0.4 is 0 Å². The number of hydrogen-bond acceptors (Lipinski definition) is 4. The Balaban J connectivity index is 2.64. The minimum absolute atomic E-state index is 0.207. The van der Waals surface area contributed by atoms with E-state index in [1.54, 1.807) is 0 Å². The maximum absolute atomic E-state index is 11.4. The molecule has 4 N–H and O–H groups in total. The highest BCUT2D eigenvalue weighted by Gasteiger charge is 2.40. The zero-order chi connectivity index (χ0) is 12.4. The van der Waals surface area contributed by atoms with Gasteiger partial charge in [-0.2, -0.15) is 0 Å². The molecule has 9 heteroatoms. The second kappa shape index (κ2) is 4.86. The van der Waals surface area contributed by atoms with Gasteiger partial charge >= 0.3 is 15.2 Å². The van der Waals surface area contributed by atoms with Crippen LogP contribution in [0.25, 0.3) is 0 Å². The molecule has 0 spiro atoms. The van der Waals surface area contributed by atoms with Gasteiger partial charge in [-0.25, -0.2) is 0 Å². The van der Waals surface area contributed by atoms with Crippen LogP contribution in [0.5, 0.6) is 0 Å². The van der Waals surface area contributed by atoms with Crippen molar-refractivity contribution in [3.8, 4) is 0 Å². The van der Waals surface area contributed by atoms with Crippen LogP contribution in [0.4, 0.5) is 0 Å². The van der Waals surface area contributed by atoms with E-state index in [1.807, 2.05) is 0 Å². The van der Waals surface area contributed by atoms with Gasteiger partial charge in [-0.3, -0.25) is 13.7 Å². The van der Waals surface area contributed by atoms with Crippen molar-refractivity contribution in [2.75, 3.05) is 5.90 Å². The van der Waals surface area contributed by atoms with E-state index in [0.717, 1.165) is 6.42 Å². The normalized spacial score (nSPS) is 25.0. The standard InChI is InChI=1S/C7H16O7P2/c8-7(4-2-1-3-5-7)14-16(12,13)6-15(9,10)11/h8H,1-6H2,(H,12,13)(H2,9,10,11). The maximum atomic E-state index is 11.4. The summed E-state index contributed by atoms with van der Waals surface area (Å²) >= 11 is 0. The highest BCUT2D eigenvalue weighted by Crippen LogP contribution is 2.58. The van der Waals surface area contributed by atoms with E-state index in [-0.39, 0.29) is 12.8 Å². The minimum atomic E-state index is -4.63. The second-order valence-electron chi connectivity index (χ2n) is 4.04. The van der Waals surface area contributed by atoms with Crippen molar-refractivity contribution in [2.45, 2.75) is 37.9 Å². The fourth-order valence-electron chi connectivity index (χ4n) is 1.72. The third-order valence-electron chi connectivity index (χ3n) is 2.31. The molecule has 1 atom stereocenters. The van der Waals surface area contributed by atoms with E-state index in [9.17, 15) is 19.1 Å². The summed E-state index contributed by atoms with van der Waals surface area (Å²) in [5.74, 6) is -2.99. The van der Waals surface area contributed by atoms with Crippen LogP contribution in [-0.4, -0.2) is 31.5 Å². The van der Waals surface area contributed by atoms with Crippen LogP contribution >= 0.6 is 15.2 Å². The second-order valence-corrected chi connectivity index (χ2v) is 7.96. The Hall–Kier alpha value is 0.260. The fraction of sp³-hybridized carbons (Fsp3) is 1.00. The number of aliphatic hydroxyl groups is 1. The van der Waals surface area contributed by atoms with Gasteiger partial charge < -0.3 is 19.8 Å². The molecule has 1 unspecified atom stereocenters. The Morgan fingerprint density at radius 2 is 1.56 bits per heavy atom. The fourth-order valence-corrected chi connectivity index (χ4v) is 4.53. The molecule has 0 amide bonds. The van der Waals surface area contributed by atoms with Crippen LogP contribution in [0.1, 0.15) is 32.1 Å². The molecule has 0 aliphatic heterocycles. The Labute approximate surface area is 93.1 Å². The average Bonchev–Trinajstić information content (AvgIpc) is 1.97. The molecule has 0 aromatic carbocycles. The predicted octanol–water partition coefficient (Wildman–Crippen LogP) is 0.976. The van der Waals surface area contributed by atoms with Gasteiger partial charge in [-0.1, -0.05) is 6.42 Å². The van der Waals surface area contributed by atoms with Crippen molar-refractivity contribution < 1.29 is 33.4 Å². The lowest BCUT2D eigenvalue weighted by atomic mass is 9.95. The van der Waals surface area contributed by atoms with Gasteiger partial charge in [0.15, 0.2) is 11.7 Å². The largest absolute Gasteiger partial charge is 0.365 e. The molecule has 1 saturated carbocycles. The molecule has 7 nitrogen and oxygen atoms in total. The summed E-state index contributed by atoms with van der Waals surface area (Å²) in [5.41, 5.74) is 0. The topological polar surface area (TPSA) is 124 Å². The van der Waals surface area contributed by atoms with Crippen molar-refractivity contribution in [3.05, 3.63) is 0 Å². The number of hydrogen-bond donors (Lipinski definition) is 4. The molecule has 0 radical (unpaired) electrons. The van der Waals surface area contributed by atoms with E-state index in [0.29, 0.717) is 12.8 Å². The summed E-state index contributed by atoms with van der Waals surface area (Å²) in [6, 6.07) is 0. The van der Waals surface area contributed by atoms with Crippen LogP contribution in [0.2, 0.25) is 0 Å². The molecule has 1 aliphatic rings. The van der Waals surface area contributed by atoms with E-state index in [2.05, 4.69) is 4.52 Å². The molecule has 1 fully saturated rings. The first-order valence-corrected chi connectivity index (χ1v) is 8.48. The SMILES string of the molecule is O=P(O)(O)CP(=O)(O)OC1(O)CCCCC1. The molecule has 0 heterocycles.